The monoisotopic (exact) mass is 278 g/mol. The molecule has 4 heteroatoms. The Morgan fingerprint density at radius 2 is 2.10 bits per heavy atom. The molecule has 110 valence electrons. The zero-order valence-corrected chi connectivity index (χ0v) is 12.4. The Kier molecular flexibility index (Phi) is 4.31. The standard InChI is InChI=1S/C16H23FN2O/c1-4-18-14-12(6-5-7-13(14)17)15(20)19-10-16(8-9-16)11(2)3/h5-7,11,18H,4,8-10H2,1-3H3,(H,19,20). The summed E-state index contributed by atoms with van der Waals surface area (Å²) >= 11 is 0. The second-order valence-electron chi connectivity index (χ2n) is 5.89. The van der Waals surface area contributed by atoms with Crippen LogP contribution < -0.4 is 10.6 Å². The summed E-state index contributed by atoms with van der Waals surface area (Å²) in [4.78, 5) is 12.3. The molecule has 0 saturated heterocycles. The number of para-hydroxylation sites is 1. The van der Waals surface area contributed by atoms with Crippen LogP contribution in [0.4, 0.5) is 10.1 Å². The Hall–Kier alpha value is -1.58. The molecule has 1 aromatic rings. The highest BCUT2D eigenvalue weighted by molar-refractivity contribution is 5.99. The minimum atomic E-state index is -0.385. The summed E-state index contributed by atoms with van der Waals surface area (Å²) in [5, 5.41) is 5.89. The third-order valence-corrected chi connectivity index (χ3v) is 4.33. The van der Waals surface area contributed by atoms with Gasteiger partial charge in [0, 0.05) is 13.1 Å². The Balaban J connectivity index is 2.08. The van der Waals surface area contributed by atoms with E-state index in [0.29, 0.717) is 30.3 Å². The van der Waals surface area contributed by atoms with E-state index in [9.17, 15) is 9.18 Å². The van der Waals surface area contributed by atoms with Crippen LogP contribution in [0.15, 0.2) is 18.2 Å². The Labute approximate surface area is 120 Å². The second kappa shape index (κ2) is 5.81. The topological polar surface area (TPSA) is 41.1 Å². The van der Waals surface area contributed by atoms with Crippen molar-refractivity contribution < 1.29 is 9.18 Å². The predicted molar refractivity (Wildman–Crippen MR) is 79.4 cm³/mol. The van der Waals surface area contributed by atoms with Gasteiger partial charge in [0.15, 0.2) is 0 Å². The lowest BCUT2D eigenvalue weighted by Gasteiger charge is -2.20. The fraction of sp³-hybridized carbons (Fsp3) is 0.562. The van der Waals surface area contributed by atoms with Crippen molar-refractivity contribution in [3.63, 3.8) is 0 Å². The molecule has 2 N–H and O–H groups in total. The molecule has 0 radical (unpaired) electrons. The fourth-order valence-corrected chi connectivity index (χ4v) is 2.54. The minimum absolute atomic E-state index is 0.202. The van der Waals surface area contributed by atoms with E-state index in [1.54, 1.807) is 12.1 Å². The number of benzene rings is 1. The molecule has 0 atom stereocenters. The average molecular weight is 278 g/mol. The minimum Gasteiger partial charge on any atom is -0.382 e. The van der Waals surface area contributed by atoms with Crippen molar-refractivity contribution in [1.29, 1.82) is 0 Å². The van der Waals surface area contributed by atoms with E-state index in [-0.39, 0.29) is 17.1 Å². The SMILES string of the molecule is CCNc1c(F)cccc1C(=O)NCC1(C(C)C)CC1. The molecule has 20 heavy (non-hydrogen) atoms. The van der Waals surface area contributed by atoms with Gasteiger partial charge in [0.05, 0.1) is 11.3 Å². The molecule has 0 aromatic heterocycles. The molecule has 1 saturated carbocycles. The summed E-state index contributed by atoms with van der Waals surface area (Å²) < 4.78 is 13.8. The summed E-state index contributed by atoms with van der Waals surface area (Å²) in [6, 6.07) is 4.59. The summed E-state index contributed by atoms with van der Waals surface area (Å²) in [6.45, 7) is 7.51. The van der Waals surface area contributed by atoms with Gasteiger partial charge in [-0.1, -0.05) is 19.9 Å². The number of halogens is 1. The number of carbonyl (C=O) groups excluding carboxylic acids is 1. The first-order chi connectivity index (χ1) is 9.50. The van der Waals surface area contributed by atoms with Gasteiger partial charge in [-0.3, -0.25) is 4.79 Å². The first-order valence-corrected chi connectivity index (χ1v) is 7.31. The zero-order chi connectivity index (χ0) is 14.8. The van der Waals surface area contributed by atoms with Crippen LogP contribution in [-0.2, 0) is 0 Å². The third kappa shape index (κ3) is 2.94. The van der Waals surface area contributed by atoms with Crippen molar-refractivity contribution in [2.75, 3.05) is 18.4 Å². The first-order valence-electron chi connectivity index (χ1n) is 7.31. The van der Waals surface area contributed by atoms with Crippen molar-refractivity contribution in [3.8, 4) is 0 Å². The van der Waals surface area contributed by atoms with E-state index in [0.717, 1.165) is 12.8 Å². The second-order valence-corrected chi connectivity index (χ2v) is 5.89. The summed E-state index contributed by atoms with van der Waals surface area (Å²) in [5.74, 6) is -0.0274. The van der Waals surface area contributed by atoms with Gasteiger partial charge in [-0.05, 0) is 43.2 Å². The zero-order valence-electron chi connectivity index (χ0n) is 12.4. The van der Waals surface area contributed by atoms with Crippen LogP contribution in [0.5, 0.6) is 0 Å². The molecule has 0 spiro atoms. The van der Waals surface area contributed by atoms with Gasteiger partial charge in [0.2, 0.25) is 0 Å². The molecule has 0 unspecified atom stereocenters. The smallest absolute Gasteiger partial charge is 0.253 e. The van der Waals surface area contributed by atoms with E-state index in [1.165, 1.54) is 6.07 Å². The van der Waals surface area contributed by atoms with Crippen LogP contribution in [0.3, 0.4) is 0 Å². The van der Waals surface area contributed by atoms with Gasteiger partial charge in [0.25, 0.3) is 5.91 Å². The van der Waals surface area contributed by atoms with E-state index in [2.05, 4.69) is 24.5 Å². The Morgan fingerprint density at radius 1 is 1.40 bits per heavy atom. The highest BCUT2D eigenvalue weighted by atomic mass is 19.1. The summed E-state index contributed by atoms with van der Waals surface area (Å²) in [7, 11) is 0. The first kappa shape index (κ1) is 14.8. The fourth-order valence-electron chi connectivity index (χ4n) is 2.54. The van der Waals surface area contributed by atoms with E-state index in [4.69, 9.17) is 0 Å². The van der Waals surface area contributed by atoms with Crippen molar-refractivity contribution in [3.05, 3.63) is 29.6 Å². The lowest BCUT2D eigenvalue weighted by Crippen LogP contribution is -2.33. The maximum absolute atomic E-state index is 13.8. The van der Waals surface area contributed by atoms with Crippen LogP contribution in [-0.4, -0.2) is 19.0 Å². The van der Waals surface area contributed by atoms with Gasteiger partial charge < -0.3 is 10.6 Å². The largest absolute Gasteiger partial charge is 0.382 e. The van der Waals surface area contributed by atoms with Gasteiger partial charge in [-0.15, -0.1) is 0 Å². The maximum atomic E-state index is 13.8. The van der Waals surface area contributed by atoms with Gasteiger partial charge in [-0.25, -0.2) is 4.39 Å². The number of hydrogen-bond acceptors (Lipinski definition) is 2. The van der Waals surface area contributed by atoms with Crippen molar-refractivity contribution in [2.24, 2.45) is 11.3 Å². The maximum Gasteiger partial charge on any atom is 0.253 e. The van der Waals surface area contributed by atoms with Crippen LogP contribution >= 0.6 is 0 Å². The number of carbonyl (C=O) groups is 1. The van der Waals surface area contributed by atoms with Crippen molar-refractivity contribution >= 4 is 11.6 Å². The molecular formula is C16H23FN2O. The van der Waals surface area contributed by atoms with Gasteiger partial charge in [-0.2, -0.15) is 0 Å². The molecule has 1 aliphatic rings. The highest BCUT2D eigenvalue weighted by Crippen LogP contribution is 2.51. The lowest BCUT2D eigenvalue weighted by atomic mass is 9.92. The molecule has 1 aromatic carbocycles. The Morgan fingerprint density at radius 3 is 2.65 bits per heavy atom. The highest BCUT2D eigenvalue weighted by Gasteiger charge is 2.45. The Bertz CT molecular complexity index is 495. The van der Waals surface area contributed by atoms with E-state index >= 15 is 0 Å². The molecule has 1 amide bonds. The van der Waals surface area contributed by atoms with Crippen LogP contribution in [0.25, 0.3) is 0 Å². The molecule has 0 bridgehead atoms. The molecule has 0 heterocycles. The molecule has 1 fully saturated rings. The number of amides is 1. The molecule has 2 rings (SSSR count). The predicted octanol–water partition coefficient (Wildman–Crippen LogP) is 3.42. The lowest BCUT2D eigenvalue weighted by molar-refractivity contribution is 0.0940. The molecule has 1 aliphatic carbocycles. The van der Waals surface area contributed by atoms with Crippen molar-refractivity contribution in [2.45, 2.75) is 33.6 Å². The third-order valence-electron chi connectivity index (χ3n) is 4.33. The molecular weight excluding hydrogens is 255 g/mol. The normalized spacial score (nSPS) is 16.1. The van der Waals surface area contributed by atoms with Crippen molar-refractivity contribution in [1.82, 2.24) is 5.32 Å². The molecule has 0 aliphatic heterocycles. The van der Waals surface area contributed by atoms with Crippen LogP contribution in [0.1, 0.15) is 44.0 Å². The number of rotatable bonds is 6. The quantitative estimate of drug-likeness (QED) is 0.837. The van der Waals surface area contributed by atoms with E-state index < -0.39 is 0 Å². The average Bonchev–Trinajstić information content (AvgIpc) is 3.20. The summed E-state index contributed by atoms with van der Waals surface area (Å²) in [5.41, 5.74) is 0.926. The van der Waals surface area contributed by atoms with E-state index in [1.807, 2.05) is 6.92 Å². The van der Waals surface area contributed by atoms with Gasteiger partial charge in [0.1, 0.15) is 5.82 Å². The van der Waals surface area contributed by atoms with Crippen LogP contribution in [0.2, 0.25) is 0 Å². The number of nitrogens with one attached hydrogen (secondary N) is 2. The van der Waals surface area contributed by atoms with Gasteiger partial charge >= 0.3 is 0 Å². The summed E-state index contributed by atoms with van der Waals surface area (Å²) in [6.07, 6.45) is 2.32. The number of hydrogen-bond donors (Lipinski definition) is 2. The number of anilines is 1. The van der Waals surface area contributed by atoms with Crippen LogP contribution in [0, 0.1) is 17.2 Å². The molecule has 3 nitrogen and oxygen atoms in total.